The number of pyridine rings is 1. The lowest BCUT2D eigenvalue weighted by molar-refractivity contribution is 1.15. The van der Waals surface area contributed by atoms with Gasteiger partial charge >= 0.3 is 0 Å². The number of rotatable bonds is 3. The van der Waals surface area contributed by atoms with Gasteiger partial charge in [0.15, 0.2) is 0 Å². The highest BCUT2D eigenvalue weighted by Gasteiger charge is 2.02. The third-order valence-corrected chi connectivity index (χ3v) is 3.40. The number of nitrogen functional groups attached to an aromatic ring is 1. The number of anilines is 1. The van der Waals surface area contributed by atoms with E-state index >= 15 is 0 Å². The number of nitrogens with zero attached hydrogens (tertiary/aromatic N) is 1. The molecule has 98 valence electrons. The van der Waals surface area contributed by atoms with Crippen molar-refractivity contribution in [1.29, 1.82) is 0 Å². The minimum Gasteiger partial charge on any atom is -0.398 e. The molecule has 2 N–H and O–H groups in total. The van der Waals surface area contributed by atoms with Crippen molar-refractivity contribution in [3.63, 3.8) is 0 Å². The van der Waals surface area contributed by atoms with Crippen molar-refractivity contribution in [2.24, 2.45) is 0 Å². The molecule has 3 aromatic rings. The molecule has 0 aliphatic rings. The van der Waals surface area contributed by atoms with Crippen LogP contribution in [0.3, 0.4) is 0 Å². The summed E-state index contributed by atoms with van der Waals surface area (Å²) in [6, 6.07) is 20.8. The van der Waals surface area contributed by atoms with Gasteiger partial charge in [-0.25, -0.2) is 0 Å². The third-order valence-electron chi connectivity index (χ3n) is 3.40. The van der Waals surface area contributed by atoms with Crippen LogP contribution in [0.15, 0.2) is 73.1 Å². The molecule has 0 fully saturated rings. The van der Waals surface area contributed by atoms with E-state index in [2.05, 4.69) is 53.5 Å². The Morgan fingerprint density at radius 2 is 1.50 bits per heavy atom. The third kappa shape index (κ3) is 2.69. The Morgan fingerprint density at radius 1 is 0.800 bits per heavy atom. The molecule has 0 saturated carbocycles. The fourth-order valence-electron chi connectivity index (χ4n) is 2.25. The molecule has 1 aromatic heterocycles. The average molecular weight is 260 g/mol. The quantitative estimate of drug-likeness (QED) is 0.775. The summed E-state index contributed by atoms with van der Waals surface area (Å²) in [6.45, 7) is 0. The van der Waals surface area contributed by atoms with E-state index in [0.717, 1.165) is 17.7 Å². The Hall–Kier alpha value is -2.61. The van der Waals surface area contributed by atoms with Crippen molar-refractivity contribution < 1.29 is 0 Å². The second kappa shape index (κ2) is 5.57. The molecule has 0 spiro atoms. The van der Waals surface area contributed by atoms with Crippen molar-refractivity contribution in [2.75, 3.05) is 5.73 Å². The molecule has 0 atom stereocenters. The molecule has 2 heteroatoms. The van der Waals surface area contributed by atoms with Gasteiger partial charge < -0.3 is 5.73 Å². The summed E-state index contributed by atoms with van der Waals surface area (Å²) < 4.78 is 0. The maximum atomic E-state index is 5.95. The molecule has 0 unspecified atom stereocenters. The zero-order valence-electron chi connectivity index (χ0n) is 11.2. The van der Waals surface area contributed by atoms with Gasteiger partial charge in [-0.1, -0.05) is 54.6 Å². The maximum Gasteiger partial charge on any atom is 0.0380 e. The van der Waals surface area contributed by atoms with Crippen molar-refractivity contribution >= 4 is 5.69 Å². The minimum atomic E-state index is 0.798. The second-order valence-corrected chi connectivity index (χ2v) is 4.81. The number of benzene rings is 2. The van der Waals surface area contributed by atoms with Gasteiger partial charge in [-0.05, 0) is 28.3 Å². The number of aromatic nitrogens is 1. The number of nitrogens with two attached hydrogens (primary N) is 1. The largest absolute Gasteiger partial charge is 0.398 e. The van der Waals surface area contributed by atoms with E-state index in [9.17, 15) is 0 Å². The summed E-state index contributed by atoms with van der Waals surface area (Å²) in [7, 11) is 0. The molecule has 1 heterocycles. The van der Waals surface area contributed by atoms with Crippen LogP contribution < -0.4 is 5.73 Å². The van der Waals surface area contributed by atoms with Crippen LogP contribution in [-0.4, -0.2) is 4.98 Å². The summed E-state index contributed by atoms with van der Waals surface area (Å²) in [5.74, 6) is 0. The molecule has 0 aliphatic carbocycles. The lowest BCUT2D eigenvalue weighted by atomic mass is 10.0. The van der Waals surface area contributed by atoms with Crippen molar-refractivity contribution in [3.05, 3.63) is 84.2 Å². The fraction of sp³-hybridized carbons (Fsp3) is 0.0556. The first-order chi connectivity index (χ1) is 9.83. The van der Waals surface area contributed by atoms with Gasteiger partial charge in [0.2, 0.25) is 0 Å². The van der Waals surface area contributed by atoms with Crippen LogP contribution in [0.25, 0.3) is 11.1 Å². The Kier molecular flexibility index (Phi) is 3.46. The molecule has 0 saturated heterocycles. The van der Waals surface area contributed by atoms with Gasteiger partial charge in [-0.2, -0.15) is 0 Å². The average Bonchev–Trinajstić information content (AvgIpc) is 2.51. The van der Waals surface area contributed by atoms with Gasteiger partial charge in [-0.3, -0.25) is 4.98 Å². The summed E-state index contributed by atoms with van der Waals surface area (Å²) in [6.07, 6.45) is 4.37. The van der Waals surface area contributed by atoms with E-state index in [1.54, 1.807) is 6.20 Å². The first-order valence-corrected chi connectivity index (χ1v) is 6.65. The monoisotopic (exact) mass is 260 g/mol. The topological polar surface area (TPSA) is 38.9 Å². The molecule has 20 heavy (non-hydrogen) atoms. The summed E-state index contributed by atoms with van der Waals surface area (Å²) in [5, 5.41) is 0. The highest BCUT2D eigenvalue weighted by molar-refractivity contribution is 5.63. The second-order valence-electron chi connectivity index (χ2n) is 4.81. The van der Waals surface area contributed by atoms with Crippen LogP contribution in [0, 0.1) is 0 Å². The van der Waals surface area contributed by atoms with E-state index in [1.807, 2.05) is 18.3 Å². The van der Waals surface area contributed by atoms with E-state index in [-0.39, 0.29) is 0 Å². The zero-order valence-corrected chi connectivity index (χ0v) is 11.2. The van der Waals surface area contributed by atoms with Gasteiger partial charge in [-0.15, -0.1) is 0 Å². The highest BCUT2D eigenvalue weighted by atomic mass is 14.7. The molecule has 3 rings (SSSR count). The van der Waals surface area contributed by atoms with Crippen LogP contribution in [0.5, 0.6) is 0 Å². The normalized spacial score (nSPS) is 10.4. The van der Waals surface area contributed by atoms with Crippen LogP contribution in [0.4, 0.5) is 5.69 Å². The fourth-order valence-corrected chi connectivity index (χ4v) is 2.25. The number of hydrogen-bond donors (Lipinski definition) is 1. The van der Waals surface area contributed by atoms with Crippen LogP contribution in [0.1, 0.15) is 11.1 Å². The molecule has 0 aliphatic heterocycles. The van der Waals surface area contributed by atoms with E-state index in [1.165, 1.54) is 16.7 Å². The van der Waals surface area contributed by atoms with Crippen molar-refractivity contribution in [2.45, 2.75) is 6.42 Å². The smallest absolute Gasteiger partial charge is 0.0380 e. The first-order valence-electron chi connectivity index (χ1n) is 6.65. The van der Waals surface area contributed by atoms with Crippen LogP contribution in [-0.2, 0) is 6.42 Å². The lowest BCUT2D eigenvalue weighted by Crippen LogP contribution is -1.96. The van der Waals surface area contributed by atoms with Gasteiger partial charge in [0.1, 0.15) is 0 Å². The summed E-state index contributed by atoms with van der Waals surface area (Å²) in [4.78, 5) is 4.13. The van der Waals surface area contributed by atoms with Gasteiger partial charge in [0.05, 0.1) is 0 Å². The standard InChI is InChI=1S/C18H16N2/c19-18-10-11-20-13-17(18)12-14-6-8-16(9-7-14)15-4-2-1-3-5-15/h1-11,13H,12H2,(H2,19,20). The summed E-state index contributed by atoms with van der Waals surface area (Å²) >= 11 is 0. The molecule has 0 radical (unpaired) electrons. The molecule has 2 aromatic carbocycles. The van der Waals surface area contributed by atoms with E-state index in [0.29, 0.717) is 0 Å². The van der Waals surface area contributed by atoms with Crippen LogP contribution in [0.2, 0.25) is 0 Å². The Labute approximate surface area is 118 Å². The predicted octanol–water partition coefficient (Wildman–Crippen LogP) is 3.92. The SMILES string of the molecule is Nc1ccncc1Cc1ccc(-c2ccccc2)cc1. The Bertz CT molecular complexity index is 688. The first kappa shape index (κ1) is 12.4. The molecule has 2 nitrogen and oxygen atoms in total. The molecular formula is C18H16N2. The van der Waals surface area contributed by atoms with E-state index < -0.39 is 0 Å². The predicted molar refractivity (Wildman–Crippen MR) is 83.3 cm³/mol. The number of hydrogen-bond acceptors (Lipinski definition) is 2. The van der Waals surface area contributed by atoms with Gasteiger partial charge in [0, 0.05) is 24.5 Å². The summed E-state index contributed by atoms with van der Waals surface area (Å²) in [5.41, 5.74) is 11.5. The zero-order chi connectivity index (χ0) is 13.8. The van der Waals surface area contributed by atoms with E-state index in [4.69, 9.17) is 5.73 Å². The maximum absolute atomic E-state index is 5.95. The molecular weight excluding hydrogens is 244 g/mol. The highest BCUT2D eigenvalue weighted by Crippen LogP contribution is 2.21. The van der Waals surface area contributed by atoms with Crippen molar-refractivity contribution in [1.82, 2.24) is 4.98 Å². The van der Waals surface area contributed by atoms with Crippen LogP contribution >= 0.6 is 0 Å². The lowest BCUT2D eigenvalue weighted by Gasteiger charge is -2.06. The minimum absolute atomic E-state index is 0.798. The molecule has 0 bridgehead atoms. The Balaban J connectivity index is 1.82. The molecule has 0 amide bonds. The Morgan fingerprint density at radius 3 is 2.20 bits per heavy atom. The van der Waals surface area contributed by atoms with Gasteiger partial charge in [0.25, 0.3) is 0 Å². The van der Waals surface area contributed by atoms with Crippen molar-refractivity contribution in [3.8, 4) is 11.1 Å².